The Hall–Kier alpha value is -1.70. The zero-order valence-electron chi connectivity index (χ0n) is 11.0. The van der Waals surface area contributed by atoms with Crippen LogP contribution >= 0.6 is 15.9 Å². The van der Waals surface area contributed by atoms with E-state index in [0.29, 0.717) is 10.3 Å². The number of rotatable bonds is 2. The first-order chi connectivity index (χ1) is 9.69. The highest BCUT2D eigenvalue weighted by atomic mass is 79.9. The summed E-state index contributed by atoms with van der Waals surface area (Å²) >= 11 is 3.12. The van der Waals surface area contributed by atoms with E-state index < -0.39 is 12.0 Å². The highest BCUT2D eigenvalue weighted by Gasteiger charge is 2.23. The van der Waals surface area contributed by atoms with E-state index in [-0.39, 0.29) is 23.3 Å². The van der Waals surface area contributed by atoms with E-state index in [0.717, 1.165) is 6.08 Å². The van der Waals surface area contributed by atoms with E-state index in [2.05, 4.69) is 25.9 Å². The molecule has 0 radical (unpaired) electrons. The Labute approximate surface area is 126 Å². The summed E-state index contributed by atoms with van der Waals surface area (Å²) in [5, 5.41) is 0. The minimum atomic E-state index is -4.43. The van der Waals surface area contributed by atoms with Gasteiger partial charge in [-0.1, -0.05) is 0 Å². The fourth-order valence-electron chi connectivity index (χ4n) is 1.72. The third kappa shape index (κ3) is 3.49. The van der Waals surface area contributed by atoms with Crippen LogP contribution in [0.3, 0.4) is 0 Å². The fourth-order valence-corrected chi connectivity index (χ4v) is 2.03. The summed E-state index contributed by atoms with van der Waals surface area (Å²) in [4.78, 5) is 8.02. The van der Waals surface area contributed by atoms with Gasteiger partial charge in [0.2, 0.25) is 0 Å². The normalized spacial score (nSPS) is 12.3. The van der Waals surface area contributed by atoms with E-state index in [1.54, 1.807) is 14.0 Å². The summed E-state index contributed by atoms with van der Waals surface area (Å²) in [5.74, 6) is -0.439. The highest BCUT2D eigenvalue weighted by molar-refractivity contribution is 9.10. The molecule has 0 saturated carbocycles. The van der Waals surface area contributed by atoms with Gasteiger partial charge in [-0.25, -0.2) is 14.4 Å². The summed E-state index contributed by atoms with van der Waals surface area (Å²) in [6.45, 7) is 1.60. The van der Waals surface area contributed by atoms with Crippen molar-refractivity contribution in [3.8, 4) is 11.5 Å². The second-order valence-corrected chi connectivity index (χ2v) is 5.12. The zero-order valence-corrected chi connectivity index (χ0v) is 12.6. The van der Waals surface area contributed by atoms with Gasteiger partial charge in [0.25, 0.3) is 0 Å². The molecular weight excluding hydrogens is 354 g/mol. The zero-order chi connectivity index (χ0) is 15.8. The number of pyridine rings is 1. The smallest absolute Gasteiger partial charge is 0.329 e. The van der Waals surface area contributed by atoms with Crippen LogP contribution in [-0.2, 0) is 7.05 Å². The monoisotopic (exact) mass is 363 g/mol. The molecule has 3 nitrogen and oxygen atoms in total. The molecule has 0 atom stereocenters. The van der Waals surface area contributed by atoms with E-state index in [1.165, 1.54) is 16.7 Å². The SMILES string of the molecule is Cc1c(/C=C/C(F)(F)F)nc(-c2nc(Br)ccc2F)n1C. The highest BCUT2D eigenvalue weighted by Crippen LogP contribution is 2.25. The van der Waals surface area contributed by atoms with Crippen molar-refractivity contribution in [1.29, 1.82) is 0 Å². The van der Waals surface area contributed by atoms with Crippen molar-refractivity contribution in [2.75, 3.05) is 0 Å². The molecule has 2 rings (SSSR count). The van der Waals surface area contributed by atoms with Crippen LogP contribution in [0.25, 0.3) is 17.6 Å². The Morgan fingerprint density at radius 1 is 1.24 bits per heavy atom. The lowest BCUT2D eigenvalue weighted by Crippen LogP contribution is -2.00. The van der Waals surface area contributed by atoms with Crippen LogP contribution in [0.2, 0.25) is 0 Å². The molecule has 2 heterocycles. The first kappa shape index (κ1) is 15.7. The molecular formula is C13H10BrF4N3. The van der Waals surface area contributed by atoms with Crippen molar-refractivity contribution in [2.45, 2.75) is 13.1 Å². The molecule has 0 saturated heterocycles. The van der Waals surface area contributed by atoms with Crippen LogP contribution in [0.5, 0.6) is 0 Å². The van der Waals surface area contributed by atoms with Gasteiger partial charge in [-0.2, -0.15) is 13.2 Å². The van der Waals surface area contributed by atoms with Crippen LogP contribution in [0.1, 0.15) is 11.4 Å². The lowest BCUT2D eigenvalue weighted by atomic mass is 10.3. The van der Waals surface area contributed by atoms with Gasteiger partial charge in [0.15, 0.2) is 11.6 Å². The van der Waals surface area contributed by atoms with Crippen molar-refractivity contribution in [3.05, 3.63) is 40.0 Å². The summed E-state index contributed by atoms with van der Waals surface area (Å²) < 4.78 is 52.4. The van der Waals surface area contributed by atoms with Gasteiger partial charge < -0.3 is 4.57 Å². The van der Waals surface area contributed by atoms with Gasteiger partial charge in [0.05, 0.1) is 5.69 Å². The fraction of sp³-hybridized carbons (Fsp3) is 0.231. The van der Waals surface area contributed by atoms with Gasteiger partial charge >= 0.3 is 6.18 Å². The van der Waals surface area contributed by atoms with Crippen molar-refractivity contribution < 1.29 is 17.6 Å². The second kappa shape index (κ2) is 5.59. The van der Waals surface area contributed by atoms with Gasteiger partial charge in [-0.05, 0) is 41.1 Å². The number of allylic oxidation sites excluding steroid dienone is 1. The van der Waals surface area contributed by atoms with E-state index in [4.69, 9.17) is 0 Å². The average molecular weight is 364 g/mol. The van der Waals surface area contributed by atoms with E-state index in [9.17, 15) is 17.6 Å². The van der Waals surface area contributed by atoms with Gasteiger partial charge in [0, 0.05) is 18.8 Å². The minimum absolute atomic E-state index is 0.0263. The number of hydrogen-bond acceptors (Lipinski definition) is 2. The molecule has 0 aromatic carbocycles. The molecule has 0 bridgehead atoms. The van der Waals surface area contributed by atoms with Crippen LogP contribution in [0, 0.1) is 12.7 Å². The van der Waals surface area contributed by atoms with Crippen LogP contribution in [-0.4, -0.2) is 20.7 Å². The third-order valence-electron chi connectivity index (χ3n) is 2.87. The van der Waals surface area contributed by atoms with Crippen LogP contribution in [0.4, 0.5) is 17.6 Å². The molecule has 8 heteroatoms. The molecule has 0 fully saturated rings. The largest absolute Gasteiger partial charge is 0.409 e. The minimum Gasteiger partial charge on any atom is -0.329 e. The number of hydrogen-bond donors (Lipinski definition) is 0. The maximum Gasteiger partial charge on any atom is 0.409 e. The van der Waals surface area contributed by atoms with Crippen LogP contribution < -0.4 is 0 Å². The first-order valence-corrected chi connectivity index (χ1v) is 6.60. The molecule has 0 spiro atoms. The van der Waals surface area contributed by atoms with E-state index >= 15 is 0 Å². The lowest BCUT2D eigenvalue weighted by molar-refractivity contribution is -0.0790. The Balaban J connectivity index is 2.52. The summed E-state index contributed by atoms with van der Waals surface area (Å²) in [7, 11) is 1.59. The van der Waals surface area contributed by atoms with Gasteiger partial charge in [-0.3, -0.25) is 0 Å². The summed E-state index contributed by atoms with van der Waals surface area (Å²) in [6, 6.07) is 2.64. The summed E-state index contributed by atoms with van der Waals surface area (Å²) in [6.07, 6.45) is -3.48. The lowest BCUT2D eigenvalue weighted by Gasteiger charge is -2.04. The Morgan fingerprint density at radius 3 is 2.52 bits per heavy atom. The maximum atomic E-state index is 13.8. The molecule has 0 aliphatic heterocycles. The van der Waals surface area contributed by atoms with E-state index in [1.807, 2.05) is 0 Å². The molecule has 2 aromatic heterocycles. The van der Waals surface area contributed by atoms with Crippen molar-refractivity contribution >= 4 is 22.0 Å². The second-order valence-electron chi connectivity index (χ2n) is 4.30. The standard InChI is InChI=1S/C13H10BrF4N3/c1-7-9(5-6-13(16,17)18)19-12(21(7)2)11-8(15)3-4-10(14)20-11/h3-6H,1-2H3/b6-5+. The van der Waals surface area contributed by atoms with Crippen molar-refractivity contribution in [2.24, 2.45) is 7.05 Å². The molecule has 112 valence electrons. The molecule has 2 aromatic rings. The number of alkyl halides is 3. The molecule has 0 unspecified atom stereocenters. The van der Waals surface area contributed by atoms with Crippen molar-refractivity contribution in [3.63, 3.8) is 0 Å². The molecule has 21 heavy (non-hydrogen) atoms. The van der Waals surface area contributed by atoms with Crippen LogP contribution in [0.15, 0.2) is 22.8 Å². The van der Waals surface area contributed by atoms with Crippen molar-refractivity contribution in [1.82, 2.24) is 14.5 Å². The molecule has 0 aliphatic rings. The average Bonchev–Trinajstić information content (AvgIpc) is 2.66. The Bertz CT molecular complexity index is 704. The number of nitrogens with zero attached hydrogens (tertiary/aromatic N) is 3. The first-order valence-electron chi connectivity index (χ1n) is 5.81. The molecule has 0 N–H and O–H groups in total. The number of aromatic nitrogens is 3. The Morgan fingerprint density at radius 2 is 1.90 bits per heavy atom. The van der Waals surface area contributed by atoms with Gasteiger partial charge in [0.1, 0.15) is 10.3 Å². The number of halogens is 5. The summed E-state index contributed by atoms with van der Waals surface area (Å²) in [5.41, 5.74) is 0.569. The molecule has 0 aliphatic carbocycles. The third-order valence-corrected chi connectivity index (χ3v) is 3.31. The predicted octanol–water partition coefficient (Wildman–Crippen LogP) is 4.27. The number of imidazole rings is 1. The maximum absolute atomic E-state index is 13.8. The molecule has 0 amide bonds. The quantitative estimate of drug-likeness (QED) is 0.589. The topological polar surface area (TPSA) is 30.7 Å². The predicted molar refractivity (Wildman–Crippen MR) is 73.9 cm³/mol. The Kier molecular flexibility index (Phi) is 4.18. The van der Waals surface area contributed by atoms with Gasteiger partial charge in [-0.15, -0.1) is 0 Å².